The lowest BCUT2D eigenvalue weighted by atomic mass is 10.1. The maximum atomic E-state index is 13.3. The summed E-state index contributed by atoms with van der Waals surface area (Å²) in [4.78, 5) is 24.9. The second-order valence-corrected chi connectivity index (χ2v) is 9.88. The first kappa shape index (κ1) is 29.2. The van der Waals surface area contributed by atoms with E-state index in [9.17, 15) is 22.8 Å². The molecule has 0 spiro atoms. The van der Waals surface area contributed by atoms with Crippen molar-refractivity contribution in [2.75, 3.05) is 17.7 Å². The summed E-state index contributed by atoms with van der Waals surface area (Å²) >= 11 is 12.9. The third-order valence-electron chi connectivity index (χ3n) is 5.25. The van der Waals surface area contributed by atoms with Gasteiger partial charge in [-0.1, -0.05) is 65.3 Å². The zero-order valence-electron chi connectivity index (χ0n) is 20.4. The van der Waals surface area contributed by atoms with E-state index in [0.29, 0.717) is 27.4 Å². The number of ether oxygens (including phenoxy) is 1. The van der Waals surface area contributed by atoms with Crippen LogP contribution >= 0.6 is 35.0 Å². The van der Waals surface area contributed by atoms with Crippen LogP contribution in [0.25, 0.3) is 5.69 Å². The lowest BCUT2D eigenvalue weighted by molar-refractivity contribution is -0.137. The molecule has 0 bridgehead atoms. The monoisotopic (exact) mass is 609 g/mol. The summed E-state index contributed by atoms with van der Waals surface area (Å²) in [5.41, 5.74) is -0.622. The highest BCUT2D eigenvalue weighted by atomic mass is 35.5. The average Bonchev–Trinajstić information content (AvgIpc) is 3.33. The van der Waals surface area contributed by atoms with Gasteiger partial charge in [-0.25, -0.2) is 0 Å². The summed E-state index contributed by atoms with van der Waals surface area (Å²) in [6.45, 7) is -0.341. The molecule has 0 radical (unpaired) electrons. The van der Waals surface area contributed by atoms with E-state index in [1.165, 1.54) is 24.3 Å². The molecule has 0 aliphatic rings. The summed E-state index contributed by atoms with van der Waals surface area (Å²) in [5, 5.41) is 14.2. The van der Waals surface area contributed by atoms with E-state index in [1.807, 2.05) is 6.07 Å². The molecular weight excluding hydrogens is 590 g/mol. The molecular formula is C26H20Cl2F3N5O3S. The lowest BCUT2D eigenvalue weighted by Crippen LogP contribution is -2.29. The molecule has 0 saturated heterocycles. The molecule has 0 aliphatic carbocycles. The number of carbonyl (C=O) groups excluding carboxylic acids is 2. The van der Waals surface area contributed by atoms with Crippen LogP contribution in [0, 0.1) is 0 Å². The number of hydrogen-bond donors (Lipinski definition) is 2. The molecule has 3 aromatic carbocycles. The van der Waals surface area contributed by atoms with E-state index in [2.05, 4.69) is 20.8 Å². The van der Waals surface area contributed by atoms with Crippen LogP contribution in [0.15, 0.2) is 78.0 Å². The Bertz CT molecular complexity index is 1500. The summed E-state index contributed by atoms with van der Waals surface area (Å²) in [5.74, 6) is -0.695. The predicted octanol–water partition coefficient (Wildman–Crippen LogP) is 6.02. The number of hydrogen-bond acceptors (Lipinski definition) is 6. The van der Waals surface area contributed by atoms with Gasteiger partial charge in [0.25, 0.3) is 5.91 Å². The van der Waals surface area contributed by atoms with Gasteiger partial charge in [-0.15, -0.1) is 10.2 Å². The minimum atomic E-state index is -4.62. The van der Waals surface area contributed by atoms with Gasteiger partial charge in [0.1, 0.15) is 5.75 Å². The number of benzene rings is 3. The molecule has 8 nitrogen and oxygen atoms in total. The van der Waals surface area contributed by atoms with Gasteiger partial charge < -0.3 is 15.4 Å². The minimum absolute atomic E-state index is 0.0237. The van der Waals surface area contributed by atoms with E-state index < -0.39 is 23.6 Å². The van der Waals surface area contributed by atoms with Crippen LogP contribution in [-0.4, -0.2) is 38.9 Å². The number of alkyl halides is 3. The first-order valence-corrected chi connectivity index (χ1v) is 13.3. The summed E-state index contributed by atoms with van der Waals surface area (Å²) in [6, 6.07) is 18.3. The molecule has 2 amide bonds. The number of nitrogens with zero attached hydrogens (tertiary/aromatic N) is 3. The Labute approximate surface area is 240 Å². The fourth-order valence-corrected chi connectivity index (χ4v) is 4.70. The zero-order valence-corrected chi connectivity index (χ0v) is 22.7. The topological polar surface area (TPSA) is 98.1 Å². The van der Waals surface area contributed by atoms with Crippen molar-refractivity contribution in [2.24, 2.45) is 0 Å². The number of aromatic nitrogens is 3. The zero-order chi connectivity index (χ0) is 28.7. The molecule has 1 aromatic heterocycles. The SMILES string of the molecule is O=C(COc1ccc(Cl)cc1Cl)NCc1nnc(SCC(=O)Nc2ccccc2C(F)(F)F)n1-c1ccccc1. The molecule has 1 heterocycles. The Morgan fingerprint density at radius 2 is 1.68 bits per heavy atom. The summed E-state index contributed by atoms with van der Waals surface area (Å²) in [7, 11) is 0. The third kappa shape index (κ3) is 7.68. The maximum absolute atomic E-state index is 13.3. The van der Waals surface area contributed by atoms with Crippen molar-refractivity contribution in [3.05, 3.63) is 94.2 Å². The molecule has 14 heteroatoms. The Hall–Kier alpha value is -3.74. The maximum Gasteiger partial charge on any atom is 0.418 e. The molecule has 40 heavy (non-hydrogen) atoms. The fourth-order valence-electron chi connectivity index (χ4n) is 3.46. The van der Waals surface area contributed by atoms with Gasteiger partial charge in [-0.3, -0.25) is 14.2 Å². The van der Waals surface area contributed by atoms with Crippen molar-refractivity contribution in [1.29, 1.82) is 0 Å². The van der Waals surface area contributed by atoms with Crippen molar-refractivity contribution < 1.29 is 27.5 Å². The van der Waals surface area contributed by atoms with E-state index in [-0.39, 0.29) is 29.6 Å². The highest BCUT2D eigenvalue weighted by Crippen LogP contribution is 2.34. The van der Waals surface area contributed by atoms with Gasteiger partial charge in [-0.2, -0.15) is 13.2 Å². The number of carbonyl (C=O) groups is 2. The fraction of sp³-hybridized carbons (Fsp3) is 0.154. The largest absolute Gasteiger partial charge is 0.482 e. The summed E-state index contributed by atoms with van der Waals surface area (Å²) < 4.78 is 46.9. The molecule has 0 fully saturated rings. The molecule has 0 saturated carbocycles. The number of rotatable bonds is 10. The normalized spacial score (nSPS) is 11.2. The number of anilines is 1. The van der Waals surface area contributed by atoms with E-state index in [1.54, 1.807) is 41.0 Å². The van der Waals surface area contributed by atoms with Gasteiger partial charge in [-0.05, 0) is 42.5 Å². The molecule has 0 atom stereocenters. The van der Waals surface area contributed by atoms with E-state index >= 15 is 0 Å². The van der Waals surface area contributed by atoms with Crippen molar-refractivity contribution in [2.45, 2.75) is 17.9 Å². The van der Waals surface area contributed by atoms with Crippen LogP contribution in [0.2, 0.25) is 10.0 Å². The highest BCUT2D eigenvalue weighted by molar-refractivity contribution is 7.99. The van der Waals surface area contributed by atoms with E-state index in [0.717, 1.165) is 17.8 Å². The van der Waals surface area contributed by atoms with Crippen LogP contribution in [0.3, 0.4) is 0 Å². The van der Waals surface area contributed by atoms with Crippen molar-refractivity contribution >= 4 is 52.5 Å². The Morgan fingerprint density at radius 1 is 0.950 bits per heavy atom. The molecule has 2 N–H and O–H groups in total. The Kier molecular flexibility index (Phi) is 9.56. The number of para-hydroxylation sites is 2. The van der Waals surface area contributed by atoms with Crippen LogP contribution in [0.1, 0.15) is 11.4 Å². The van der Waals surface area contributed by atoms with Crippen molar-refractivity contribution in [3.63, 3.8) is 0 Å². The number of amides is 2. The van der Waals surface area contributed by atoms with Gasteiger partial charge in [0.05, 0.1) is 28.6 Å². The minimum Gasteiger partial charge on any atom is -0.482 e. The van der Waals surface area contributed by atoms with Crippen molar-refractivity contribution in [1.82, 2.24) is 20.1 Å². The smallest absolute Gasteiger partial charge is 0.418 e. The molecule has 208 valence electrons. The molecule has 4 rings (SSSR count). The van der Waals surface area contributed by atoms with Crippen LogP contribution in [0.5, 0.6) is 5.75 Å². The highest BCUT2D eigenvalue weighted by Gasteiger charge is 2.33. The van der Waals surface area contributed by atoms with Crippen LogP contribution in [-0.2, 0) is 22.3 Å². The summed E-state index contributed by atoms with van der Waals surface area (Å²) in [6.07, 6.45) is -4.62. The quantitative estimate of drug-likeness (QED) is 0.213. The standard InChI is InChI=1S/C26H20Cl2F3N5O3S/c27-16-10-11-21(19(28)12-16)39-14-23(37)32-13-22-34-35-25(36(22)17-6-2-1-3-7-17)40-15-24(38)33-20-9-5-4-8-18(20)26(29,30)31/h1-12H,13-15H2,(H,32,37)(H,33,38). The third-order valence-corrected chi connectivity index (χ3v) is 6.71. The molecule has 0 aliphatic heterocycles. The van der Waals surface area contributed by atoms with Gasteiger partial charge in [0.2, 0.25) is 5.91 Å². The molecule has 4 aromatic rings. The second kappa shape index (κ2) is 13.1. The predicted molar refractivity (Wildman–Crippen MR) is 146 cm³/mol. The van der Waals surface area contributed by atoms with Gasteiger partial charge in [0.15, 0.2) is 17.6 Å². The van der Waals surface area contributed by atoms with Crippen LogP contribution in [0.4, 0.5) is 18.9 Å². The number of nitrogens with one attached hydrogen (secondary N) is 2. The first-order valence-electron chi connectivity index (χ1n) is 11.5. The number of halogens is 5. The lowest BCUT2D eigenvalue weighted by Gasteiger charge is -2.14. The second-order valence-electron chi connectivity index (χ2n) is 8.09. The first-order chi connectivity index (χ1) is 19.1. The molecule has 0 unspecified atom stereocenters. The van der Waals surface area contributed by atoms with E-state index in [4.69, 9.17) is 27.9 Å². The average molecular weight is 610 g/mol. The Morgan fingerprint density at radius 3 is 2.40 bits per heavy atom. The van der Waals surface area contributed by atoms with Crippen LogP contribution < -0.4 is 15.4 Å². The number of thioether (sulfide) groups is 1. The Balaban J connectivity index is 1.42. The van der Waals surface area contributed by atoms with Gasteiger partial charge >= 0.3 is 6.18 Å². The van der Waals surface area contributed by atoms with Crippen molar-refractivity contribution in [3.8, 4) is 11.4 Å². The van der Waals surface area contributed by atoms with Gasteiger partial charge in [0, 0.05) is 10.7 Å².